The van der Waals surface area contributed by atoms with E-state index >= 15 is 0 Å². The molecule has 1 saturated heterocycles. The molecule has 0 aliphatic carbocycles. The smallest absolute Gasteiger partial charge is 0.306 e. The third kappa shape index (κ3) is 38.4. The van der Waals surface area contributed by atoms with E-state index in [1.807, 2.05) is 0 Å². The number of esters is 2. The molecule has 10 heteroatoms. The number of aliphatic hydroxyl groups is 4. The number of hydrogen-bond donors (Lipinski definition) is 4. The van der Waals surface area contributed by atoms with E-state index in [0.717, 1.165) is 57.8 Å². The standard InChI is InChI=1S/C57H104O10/c1-3-5-7-9-11-13-15-17-19-21-23-25-27-29-31-33-35-37-39-41-43-45-52(59)64-48-50(49-65-57-56(63)55(62)54(61)51(47-58)67-57)66-53(60)46-44-42-40-38-36-34-32-30-28-26-24-22-20-18-16-14-12-10-8-6-4-2/h16,18,21-24,50-51,54-58,61-63H,3-15,17,19-20,25-49H2,1-2H3/b18-16-,23-21-,24-22-. The SMILES string of the molecule is CCCCCCC/C=C\C/C=C\CCCCCCCCCCCC(=O)OC(COC(=O)CCCCCCCCCCC/C=C\CCCCCCCCCC)COC1OC(CO)C(O)C(O)C1O. The number of allylic oxidation sites excluding steroid dienone is 6. The number of carbonyl (C=O) groups excluding carboxylic acids is 2. The number of ether oxygens (including phenoxy) is 4. The summed E-state index contributed by atoms with van der Waals surface area (Å²) in [7, 11) is 0. The first kappa shape index (κ1) is 62.9. The number of rotatable bonds is 48. The van der Waals surface area contributed by atoms with Crippen LogP contribution in [0.1, 0.15) is 258 Å². The van der Waals surface area contributed by atoms with Crippen LogP contribution in [0.15, 0.2) is 36.5 Å². The minimum atomic E-state index is -1.60. The van der Waals surface area contributed by atoms with Gasteiger partial charge in [0.2, 0.25) is 0 Å². The summed E-state index contributed by atoms with van der Waals surface area (Å²) in [5.74, 6) is -0.804. The molecule has 0 aromatic carbocycles. The maximum Gasteiger partial charge on any atom is 0.306 e. The topological polar surface area (TPSA) is 152 Å². The molecule has 10 nitrogen and oxygen atoms in total. The molecule has 0 bridgehead atoms. The molecule has 1 aliphatic rings. The van der Waals surface area contributed by atoms with Crippen molar-refractivity contribution < 1.29 is 49.0 Å². The Labute approximate surface area is 410 Å². The van der Waals surface area contributed by atoms with Crippen LogP contribution >= 0.6 is 0 Å². The summed E-state index contributed by atoms with van der Waals surface area (Å²) in [5, 5.41) is 40.3. The zero-order valence-corrected chi connectivity index (χ0v) is 43.2. The molecule has 4 N–H and O–H groups in total. The second-order valence-electron chi connectivity index (χ2n) is 19.4. The van der Waals surface area contributed by atoms with E-state index in [1.54, 1.807) is 0 Å². The van der Waals surface area contributed by atoms with Crippen molar-refractivity contribution in [1.29, 1.82) is 0 Å². The maximum atomic E-state index is 12.9. The van der Waals surface area contributed by atoms with E-state index in [2.05, 4.69) is 50.3 Å². The summed E-state index contributed by atoms with van der Waals surface area (Å²) < 4.78 is 22.3. The number of aliphatic hydroxyl groups excluding tert-OH is 4. The second-order valence-corrected chi connectivity index (χ2v) is 19.4. The van der Waals surface area contributed by atoms with E-state index in [0.29, 0.717) is 6.42 Å². The molecule has 1 heterocycles. The van der Waals surface area contributed by atoms with Crippen molar-refractivity contribution in [3.63, 3.8) is 0 Å². The highest BCUT2D eigenvalue weighted by molar-refractivity contribution is 5.70. The van der Waals surface area contributed by atoms with Gasteiger partial charge in [0.1, 0.15) is 31.0 Å². The summed E-state index contributed by atoms with van der Waals surface area (Å²) in [6.07, 6.45) is 50.1. The first-order valence-electron chi connectivity index (χ1n) is 28.1. The fourth-order valence-corrected chi connectivity index (χ4v) is 8.57. The van der Waals surface area contributed by atoms with Gasteiger partial charge >= 0.3 is 11.9 Å². The number of hydrogen-bond acceptors (Lipinski definition) is 10. The van der Waals surface area contributed by atoms with E-state index < -0.39 is 49.4 Å². The van der Waals surface area contributed by atoms with Gasteiger partial charge in [-0.05, 0) is 70.6 Å². The van der Waals surface area contributed by atoms with E-state index in [9.17, 15) is 30.0 Å². The molecule has 1 aliphatic heterocycles. The Balaban J connectivity index is 2.22. The minimum absolute atomic E-state index is 0.218. The third-order valence-corrected chi connectivity index (χ3v) is 13.0. The zero-order valence-electron chi connectivity index (χ0n) is 43.2. The van der Waals surface area contributed by atoms with Gasteiger partial charge in [0.25, 0.3) is 0 Å². The molecular formula is C57H104O10. The molecule has 0 aromatic heterocycles. The lowest BCUT2D eigenvalue weighted by molar-refractivity contribution is -0.305. The van der Waals surface area contributed by atoms with Crippen LogP contribution in [-0.2, 0) is 28.5 Å². The van der Waals surface area contributed by atoms with E-state index in [4.69, 9.17) is 18.9 Å². The Morgan fingerprint density at radius 1 is 0.463 bits per heavy atom. The predicted molar refractivity (Wildman–Crippen MR) is 275 cm³/mol. The van der Waals surface area contributed by atoms with Crippen LogP contribution in [0.3, 0.4) is 0 Å². The van der Waals surface area contributed by atoms with Crippen molar-refractivity contribution in [2.75, 3.05) is 19.8 Å². The van der Waals surface area contributed by atoms with Gasteiger partial charge in [0, 0.05) is 12.8 Å². The van der Waals surface area contributed by atoms with Gasteiger partial charge in [-0.3, -0.25) is 9.59 Å². The normalized spacial score (nSPS) is 19.3. The first-order chi connectivity index (χ1) is 32.8. The van der Waals surface area contributed by atoms with Crippen LogP contribution < -0.4 is 0 Å². The lowest BCUT2D eigenvalue weighted by Crippen LogP contribution is -2.59. The van der Waals surface area contributed by atoms with Crippen LogP contribution in [0.5, 0.6) is 0 Å². The summed E-state index contributed by atoms with van der Waals surface area (Å²) in [5.41, 5.74) is 0. The van der Waals surface area contributed by atoms with Gasteiger partial charge in [-0.2, -0.15) is 0 Å². The Morgan fingerprint density at radius 3 is 1.25 bits per heavy atom. The van der Waals surface area contributed by atoms with Crippen molar-refractivity contribution in [2.45, 2.75) is 295 Å². The third-order valence-electron chi connectivity index (χ3n) is 13.0. The van der Waals surface area contributed by atoms with Crippen LogP contribution in [0, 0.1) is 0 Å². The molecule has 1 rings (SSSR count). The first-order valence-corrected chi connectivity index (χ1v) is 28.1. The highest BCUT2D eigenvalue weighted by Gasteiger charge is 2.44. The van der Waals surface area contributed by atoms with Crippen molar-refractivity contribution in [1.82, 2.24) is 0 Å². The Bertz CT molecular complexity index is 1190. The number of carbonyl (C=O) groups is 2. The Kier molecular flexibility index (Phi) is 44.7. The van der Waals surface area contributed by atoms with Gasteiger partial charge in [0.05, 0.1) is 13.2 Å². The van der Waals surface area contributed by atoms with E-state index in [-0.39, 0.29) is 32.0 Å². The molecule has 6 unspecified atom stereocenters. The molecule has 0 amide bonds. The Morgan fingerprint density at radius 2 is 0.836 bits per heavy atom. The van der Waals surface area contributed by atoms with Crippen molar-refractivity contribution in [2.24, 2.45) is 0 Å². The minimum Gasteiger partial charge on any atom is -0.462 e. The largest absolute Gasteiger partial charge is 0.462 e. The lowest BCUT2D eigenvalue weighted by Gasteiger charge is -2.39. The zero-order chi connectivity index (χ0) is 48.7. The molecule has 1 fully saturated rings. The monoisotopic (exact) mass is 949 g/mol. The van der Waals surface area contributed by atoms with Crippen molar-refractivity contribution in [3.8, 4) is 0 Å². The second kappa shape index (κ2) is 47.6. The molecule has 392 valence electrons. The fraction of sp³-hybridized carbons (Fsp3) is 0.860. The van der Waals surface area contributed by atoms with Crippen molar-refractivity contribution in [3.05, 3.63) is 36.5 Å². The quantitative estimate of drug-likeness (QED) is 0.0263. The van der Waals surface area contributed by atoms with Gasteiger partial charge < -0.3 is 39.4 Å². The van der Waals surface area contributed by atoms with Crippen LogP contribution in [0.2, 0.25) is 0 Å². The molecule has 0 aromatic rings. The van der Waals surface area contributed by atoms with Crippen LogP contribution in [0.4, 0.5) is 0 Å². The average Bonchev–Trinajstić information content (AvgIpc) is 3.33. The summed E-state index contributed by atoms with van der Waals surface area (Å²) in [6.45, 7) is 3.45. The van der Waals surface area contributed by atoms with Gasteiger partial charge in [0.15, 0.2) is 12.4 Å². The number of unbranched alkanes of at least 4 members (excludes halogenated alkanes) is 31. The maximum absolute atomic E-state index is 12.9. The highest BCUT2D eigenvalue weighted by atomic mass is 16.7. The lowest BCUT2D eigenvalue weighted by atomic mass is 9.99. The van der Waals surface area contributed by atoms with Crippen molar-refractivity contribution >= 4 is 11.9 Å². The summed E-state index contributed by atoms with van der Waals surface area (Å²) >= 11 is 0. The van der Waals surface area contributed by atoms with E-state index in [1.165, 1.54) is 167 Å². The Hall–Kier alpha value is -2.08. The summed E-state index contributed by atoms with van der Waals surface area (Å²) in [6, 6.07) is 0. The molecule has 0 radical (unpaired) electrons. The van der Waals surface area contributed by atoms with Crippen LogP contribution in [-0.4, -0.2) is 89.0 Å². The average molecular weight is 949 g/mol. The fourth-order valence-electron chi connectivity index (χ4n) is 8.57. The van der Waals surface area contributed by atoms with Gasteiger partial charge in [-0.1, -0.05) is 211 Å². The molecule has 0 saturated carbocycles. The molecule has 6 atom stereocenters. The molecular weight excluding hydrogens is 845 g/mol. The van der Waals surface area contributed by atoms with Crippen LogP contribution in [0.25, 0.3) is 0 Å². The van der Waals surface area contributed by atoms with Gasteiger partial charge in [-0.15, -0.1) is 0 Å². The van der Waals surface area contributed by atoms with Gasteiger partial charge in [-0.25, -0.2) is 0 Å². The predicted octanol–water partition coefficient (Wildman–Crippen LogP) is 13.8. The molecule has 0 spiro atoms. The summed E-state index contributed by atoms with van der Waals surface area (Å²) in [4.78, 5) is 25.5. The molecule has 67 heavy (non-hydrogen) atoms. The highest BCUT2D eigenvalue weighted by Crippen LogP contribution is 2.23.